The Balaban J connectivity index is 0.000000185. The van der Waals surface area contributed by atoms with Crippen LogP contribution in [0.15, 0.2) is 92.4 Å². The van der Waals surface area contributed by atoms with Gasteiger partial charge in [0.25, 0.3) is 0 Å². The van der Waals surface area contributed by atoms with E-state index in [1.54, 1.807) is 39.2 Å². The van der Waals surface area contributed by atoms with Crippen LogP contribution in [0.5, 0.6) is 17.2 Å². The van der Waals surface area contributed by atoms with Crippen LogP contribution in [0.2, 0.25) is 0 Å². The van der Waals surface area contributed by atoms with Gasteiger partial charge >= 0.3 is 0 Å². The summed E-state index contributed by atoms with van der Waals surface area (Å²) >= 11 is 3.56. The molecule has 0 spiro atoms. The van der Waals surface area contributed by atoms with E-state index in [0.717, 1.165) is 66.7 Å². The highest BCUT2D eigenvalue weighted by Gasteiger charge is 2.21. The summed E-state index contributed by atoms with van der Waals surface area (Å²) in [5.41, 5.74) is 4.98. The van der Waals surface area contributed by atoms with Gasteiger partial charge in [-0.2, -0.15) is 0 Å². The summed E-state index contributed by atoms with van der Waals surface area (Å²) in [6.45, 7) is 8.39. The third-order valence-electron chi connectivity index (χ3n) is 8.95. The molecule has 0 atom stereocenters. The van der Waals surface area contributed by atoms with E-state index in [9.17, 15) is 4.39 Å². The van der Waals surface area contributed by atoms with E-state index >= 15 is 0 Å². The van der Waals surface area contributed by atoms with Crippen molar-refractivity contribution in [2.45, 2.75) is 70.9 Å². The molecule has 47 heavy (non-hydrogen) atoms. The van der Waals surface area contributed by atoms with Gasteiger partial charge in [-0.15, -0.1) is 0 Å². The minimum atomic E-state index is -0.180. The second-order valence-electron chi connectivity index (χ2n) is 12.1. The minimum Gasteiger partial charge on any atom is -0.497 e. The molecule has 2 aliphatic heterocycles. The molecule has 0 amide bonds. The molecule has 0 radical (unpaired) electrons. The summed E-state index contributed by atoms with van der Waals surface area (Å²) in [5.74, 6) is 3.72. The minimum absolute atomic E-state index is 0.180. The van der Waals surface area contributed by atoms with Crippen molar-refractivity contribution in [2.24, 2.45) is 0 Å². The van der Waals surface area contributed by atoms with E-state index in [0.29, 0.717) is 11.8 Å². The smallest absolute Gasteiger partial charge is 0.123 e. The van der Waals surface area contributed by atoms with Gasteiger partial charge < -0.3 is 24.8 Å². The van der Waals surface area contributed by atoms with Crippen molar-refractivity contribution in [3.63, 3.8) is 0 Å². The summed E-state index contributed by atoms with van der Waals surface area (Å²) < 4.78 is 29.5. The zero-order valence-electron chi connectivity index (χ0n) is 28.2. The first kappa shape index (κ1) is 35.1. The topological polar surface area (TPSA) is 51.8 Å². The number of nitrogens with one attached hydrogen (secondary N) is 2. The quantitative estimate of drug-likeness (QED) is 0.184. The zero-order chi connectivity index (χ0) is 33.2. The van der Waals surface area contributed by atoms with Crippen LogP contribution in [0.4, 0.5) is 4.39 Å². The Kier molecular flexibility index (Phi) is 12.9. The van der Waals surface area contributed by atoms with Crippen LogP contribution in [0, 0.1) is 19.7 Å². The van der Waals surface area contributed by atoms with Crippen molar-refractivity contribution < 1.29 is 18.6 Å². The van der Waals surface area contributed by atoms with Crippen LogP contribution < -0.4 is 24.8 Å². The third-order valence-corrected chi connectivity index (χ3v) is 11.5. The highest BCUT2D eigenvalue weighted by atomic mass is 32.2. The lowest BCUT2D eigenvalue weighted by Gasteiger charge is -2.25. The molecule has 4 aromatic carbocycles. The Hall–Kier alpha value is -3.17. The molecule has 2 fully saturated rings. The first-order valence-electron chi connectivity index (χ1n) is 16.4. The number of benzene rings is 4. The van der Waals surface area contributed by atoms with Crippen LogP contribution in [0.3, 0.4) is 0 Å². The van der Waals surface area contributed by atoms with Crippen molar-refractivity contribution >= 4 is 23.5 Å². The molecule has 250 valence electrons. The van der Waals surface area contributed by atoms with Crippen LogP contribution >= 0.6 is 23.5 Å². The van der Waals surface area contributed by atoms with Crippen LogP contribution in [-0.4, -0.2) is 47.5 Å². The van der Waals surface area contributed by atoms with E-state index in [1.807, 2.05) is 36.9 Å². The number of rotatable bonds is 9. The molecule has 0 aliphatic carbocycles. The molecule has 5 nitrogen and oxygen atoms in total. The molecule has 2 aliphatic rings. The van der Waals surface area contributed by atoms with E-state index in [4.69, 9.17) is 14.2 Å². The van der Waals surface area contributed by atoms with Gasteiger partial charge in [-0.3, -0.25) is 0 Å². The molecule has 0 aromatic heterocycles. The molecule has 2 heterocycles. The molecule has 2 N–H and O–H groups in total. The van der Waals surface area contributed by atoms with Crippen molar-refractivity contribution in [1.82, 2.24) is 10.6 Å². The molecule has 2 saturated heterocycles. The first-order valence-corrected chi connectivity index (χ1v) is 18.1. The second kappa shape index (κ2) is 17.3. The predicted molar refractivity (Wildman–Crippen MR) is 193 cm³/mol. The second-order valence-corrected chi connectivity index (χ2v) is 14.3. The van der Waals surface area contributed by atoms with Gasteiger partial charge in [0, 0.05) is 19.6 Å². The van der Waals surface area contributed by atoms with Crippen LogP contribution in [0.25, 0.3) is 0 Å². The molecule has 0 bridgehead atoms. The van der Waals surface area contributed by atoms with Crippen LogP contribution in [0.1, 0.15) is 59.8 Å². The third kappa shape index (κ3) is 9.47. The Bertz CT molecular complexity index is 1620. The highest BCUT2D eigenvalue weighted by Crippen LogP contribution is 2.42. The Labute approximate surface area is 288 Å². The molecule has 8 heteroatoms. The Morgan fingerprint density at radius 2 is 0.915 bits per heavy atom. The number of ether oxygens (including phenoxy) is 3. The fourth-order valence-corrected chi connectivity index (χ4v) is 8.37. The lowest BCUT2D eigenvalue weighted by molar-refractivity contribution is 0.410. The van der Waals surface area contributed by atoms with Gasteiger partial charge in [-0.1, -0.05) is 23.5 Å². The summed E-state index contributed by atoms with van der Waals surface area (Å²) in [7, 11) is 5.15. The first-order chi connectivity index (χ1) is 22.9. The van der Waals surface area contributed by atoms with E-state index in [1.165, 1.54) is 50.3 Å². The molecular formula is C39H47FN2O3S2. The van der Waals surface area contributed by atoms with Gasteiger partial charge in [-0.05, 0) is 173 Å². The number of piperidine rings is 2. The maximum absolute atomic E-state index is 13.3. The van der Waals surface area contributed by atoms with Crippen molar-refractivity contribution in [1.29, 1.82) is 0 Å². The molecule has 0 saturated carbocycles. The van der Waals surface area contributed by atoms with E-state index < -0.39 is 0 Å². The number of methoxy groups -OCH3 is 3. The lowest BCUT2D eigenvalue weighted by atomic mass is 9.90. The summed E-state index contributed by atoms with van der Waals surface area (Å²) in [6, 6.07) is 24.0. The summed E-state index contributed by atoms with van der Waals surface area (Å²) in [6.07, 6.45) is 4.65. The van der Waals surface area contributed by atoms with Gasteiger partial charge in [0.1, 0.15) is 23.1 Å². The van der Waals surface area contributed by atoms with Gasteiger partial charge in [0.15, 0.2) is 0 Å². The number of aryl methyl sites for hydroxylation is 2. The highest BCUT2D eigenvalue weighted by molar-refractivity contribution is 7.99. The average Bonchev–Trinajstić information content (AvgIpc) is 3.11. The average molecular weight is 675 g/mol. The van der Waals surface area contributed by atoms with Gasteiger partial charge in [-0.25, -0.2) is 4.39 Å². The lowest BCUT2D eigenvalue weighted by Crippen LogP contribution is -2.26. The van der Waals surface area contributed by atoms with Gasteiger partial charge in [0.2, 0.25) is 0 Å². The fourth-order valence-electron chi connectivity index (χ4n) is 6.22. The Morgan fingerprint density at radius 3 is 1.32 bits per heavy atom. The molecule has 0 unspecified atom stereocenters. The van der Waals surface area contributed by atoms with Gasteiger partial charge in [0.05, 0.1) is 21.3 Å². The monoisotopic (exact) mass is 674 g/mol. The van der Waals surface area contributed by atoms with Crippen molar-refractivity contribution in [3.05, 3.63) is 101 Å². The standard InChI is InChI=1S/C20H25NO2S.C19H22FNOS/c1-14-12-16(22-2)4-6-19(14)24-20-7-5-17(23-3)13-18(20)15-8-10-21-11-9-15;1-13-11-15(20)3-5-18(13)23-19-6-4-16(22-2)12-17(19)14-7-9-21-10-8-14/h4-7,12-13,15,21H,8-11H2,1-3H3;3-6,11-12,14,21H,7-10H2,1-2H3. The Morgan fingerprint density at radius 1 is 0.532 bits per heavy atom. The van der Waals surface area contributed by atoms with E-state index in [-0.39, 0.29) is 5.82 Å². The fraction of sp³-hybridized carbons (Fsp3) is 0.385. The van der Waals surface area contributed by atoms with E-state index in [2.05, 4.69) is 60.0 Å². The van der Waals surface area contributed by atoms with Crippen LogP contribution in [-0.2, 0) is 0 Å². The largest absolute Gasteiger partial charge is 0.497 e. The number of hydrogen-bond acceptors (Lipinski definition) is 7. The molecule has 4 aromatic rings. The molecule has 6 rings (SSSR count). The summed E-state index contributed by atoms with van der Waals surface area (Å²) in [5, 5.41) is 6.87. The normalized spacial score (nSPS) is 15.4. The zero-order valence-corrected chi connectivity index (χ0v) is 29.8. The predicted octanol–water partition coefficient (Wildman–Crippen LogP) is 9.39. The molecular weight excluding hydrogens is 628 g/mol. The maximum Gasteiger partial charge on any atom is 0.123 e. The summed E-state index contributed by atoms with van der Waals surface area (Å²) in [4.78, 5) is 4.95. The SMILES string of the molecule is COc1ccc(Sc2ccc(F)cc2C)c(C2CCNCC2)c1.COc1ccc(Sc2ccc(OC)cc2C2CCNCC2)c(C)c1. The van der Waals surface area contributed by atoms with Crippen molar-refractivity contribution in [3.8, 4) is 17.2 Å². The number of hydrogen-bond donors (Lipinski definition) is 2. The van der Waals surface area contributed by atoms with Crippen molar-refractivity contribution in [2.75, 3.05) is 47.5 Å². The number of halogens is 1. The maximum atomic E-state index is 13.3.